The van der Waals surface area contributed by atoms with E-state index in [4.69, 9.17) is 9.47 Å². The number of pyridine rings is 1. The molecular weight excluding hydrogens is 503 g/mol. The molecule has 1 N–H and O–H groups in total. The second-order valence-electron chi connectivity index (χ2n) is 9.49. The van der Waals surface area contributed by atoms with Gasteiger partial charge in [-0.15, -0.1) is 0 Å². The van der Waals surface area contributed by atoms with Crippen LogP contribution >= 0.6 is 0 Å². The molecule has 0 bridgehead atoms. The molecule has 3 heterocycles. The molecule has 10 heteroatoms. The third-order valence-corrected chi connectivity index (χ3v) is 7.20. The summed E-state index contributed by atoms with van der Waals surface area (Å²) in [5, 5.41) is 2.87. The Labute approximate surface area is 225 Å². The Bertz CT molecular complexity index is 1360. The number of amides is 3. The highest BCUT2D eigenvalue weighted by Gasteiger charge is 2.54. The number of likely N-dealkylation sites (tertiary alicyclic amines) is 1. The highest BCUT2D eigenvalue weighted by atomic mass is 19.1. The van der Waals surface area contributed by atoms with Crippen molar-refractivity contribution in [1.29, 1.82) is 0 Å². The van der Waals surface area contributed by atoms with E-state index in [1.165, 1.54) is 30.2 Å². The molecule has 2 aliphatic rings. The van der Waals surface area contributed by atoms with E-state index in [0.717, 1.165) is 0 Å². The lowest BCUT2D eigenvalue weighted by atomic mass is 9.96. The summed E-state index contributed by atoms with van der Waals surface area (Å²) < 4.78 is 25.8. The normalized spacial score (nSPS) is 18.2. The van der Waals surface area contributed by atoms with Crippen LogP contribution in [-0.4, -0.2) is 71.1 Å². The van der Waals surface area contributed by atoms with Gasteiger partial charge in [0.15, 0.2) is 0 Å². The molecule has 2 aromatic carbocycles. The maximum absolute atomic E-state index is 14.3. The highest BCUT2D eigenvalue weighted by molar-refractivity contribution is 5.99. The van der Waals surface area contributed by atoms with E-state index >= 15 is 0 Å². The van der Waals surface area contributed by atoms with Gasteiger partial charge in [-0.25, -0.2) is 4.39 Å². The van der Waals surface area contributed by atoms with Crippen LogP contribution in [0, 0.1) is 5.82 Å². The fourth-order valence-electron chi connectivity index (χ4n) is 5.12. The van der Waals surface area contributed by atoms with Crippen molar-refractivity contribution >= 4 is 17.7 Å². The largest absolute Gasteiger partial charge is 0.497 e. The number of methoxy groups -OCH3 is 1. The molecule has 2 aliphatic heterocycles. The molecule has 1 atom stereocenters. The summed E-state index contributed by atoms with van der Waals surface area (Å²) in [5.74, 6) is -1.23. The van der Waals surface area contributed by atoms with Crippen molar-refractivity contribution in [1.82, 2.24) is 20.1 Å². The van der Waals surface area contributed by atoms with Gasteiger partial charge >= 0.3 is 0 Å². The Balaban J connectivity index is 1.38. The van der Waals surface area contributed by atoms with E-state index < -0.39 is 23.5 Å². The zero-order valence-corrected chi connectivity index (χ0v) is 21.5. The van der Waals surface area contributed by atoms with E-state index in [1.807, 2.05) is 6.07 Å². The van der Waals surface area contributed by atoms with E-state index in [0.29, 0.717) is 17.0 Å². The minimum Gasteiger partial charge on any atom is -0.497 e. The quantitative estimate of drug-likeness (QED) is 0.524. The molecule has 0 radical (unpaired) electrons. The summed E-state index contributed by atoms with van der Waals surface area (Å²) >= 11 is 0. The maximum atomic E-state index is 14.3. The lowest BCUT2D eigenvalue weighted by Crippen LogP contribution is -2.59. The van der Waals surface area contributed by atoms with Crippen molar-refractivity contribution in [3.63, 3.8) is 0 Å². The highest BCUT2D eigenvalue weighted by Crippen LogP contribution is 2.39. The van der Waals surface area contributed by atoms with Crippen LogP contribution in [0.2, 0.25) is 0 Å². The number of nitrogens with zero attached hydrogens (tertiary/aromatic N) is 3. The van der Waals surface area contributed by atoms with E-state index in [1.54, 1.807) is 53.6 Å². The second-order valence-corrected chi connectivity index (χ2v) is 9.49. The van der Waals surface area contributed by atoms with Crippen molar-refractivity contribution in [3.05, 3.63) is 95.6 Å². The molecule has 2 fully saturated rings. The Kier molecular flexibility index (Phi) is 7.56. The SMILES string of the molecule is COc1cccc(C(=O)N2C(C(=O)NCc3ccccn3)COC23CCN(C(=O)c2ccccc2F)CC3)c1. The first kappa shape index (κ1) is 26.3. The molecule has 1 spiro atoms. The monoisotopic (exact) mass is 532 g/mol. The number of rotatable bonds is 6. The number of carbonyl (C=O) groups excluding carboxylic acids is 3. The number of ether oxygens (including phenoxy) is 2. The molecule has 39 heavy (non-hydrogen) atoms. The fourth-order valence-corrected chi connectivity index (χ4v) is 5.12. The predicted molar refractivity (Wildman–Crippen MR) is 139 cm³/mol. The van der Waals surface area contributed by atoms with Crippen LogP contribution in [-0.2, 0) is 16.1 Å². The first-order chi connectivity index (χ1) is 18.9. The van der Waals surface area contributed by atoms with Gasteiger partial charge in [-0.3, -0.25) is 24.3 Å². The molecule has 2 saturated heterocycles. The Morgan fingerprint density at radius 2 is 1.82 bits per heavy atom. The van der Waals surface area contributed by atoms with Gasteiger partial charge in [-0.05, 0) is 42.5 Å². The number of carbonyl (C=O) groups is 3. The minimum absolute atomic E-state index is 0.00289. The molecule has 0 saturated carbocycles. The average Bonchev–Trinajstić information content (AvgIpc) is 3.34. The number of benzene rings is 2. The summed E-state index contributed by atoms with van der Waals surface area (Å²) in [6, 6.07) is 17.1. The number of hydrogen-bond acceptors (Lipinski definition) is 6. The first-order valence-corrected chi connectivity index (χ1v) is 12.7. The van der Waals surface area contributed by atoms with E-state index in [9.17, 15) is 18.8 Å². The Hall–Kier alpha value is -4.31. The third-order valence-electron chi connectivity index (χ3n) is 7.20. The summed E-state index contributed by atoms with van der Waals surface area (Å²) in [6.07, 6.45) is 2.18. The van der Waals surface area contributed by atoms with Crippen LogP contribution in [0.5, 0.6) is 5.75 Å². The third kappa shape index (κ3) is 5.33. The van der Waals surface area contributed by atoms with Crippen molar-refractivity contribution in [2.75, 3.05) is 26.8 Å². The standard InChI is InChI=1S/C29H29FN4O5/c1-38-22-9-6-7-20(17-22)27(36)34-25(26(35)32-18-21-8-4-5-14-31-21)19-39-29(34)12-15-33(16-13-29)28(37)23-10-2-3-11-24(23)30/h2-11,14,17,25H,12-13,15-16,18-19H2,1H3,(H,32,35). The van der Waals surface area contributed by atoms with E-state index in [2.05, 4.69) is 10.3 Å². The van der Waals surface area contributed by atoms with Gasteiger partial charge in [0, 0.05) is 37.7 Å². The molecule has 1 unspecified atom stereocenters. The predicted octanol–water partition coefficient (Wildman–Crippen LogP) is 3.02. The minimum atomic E-state index is -1.10. The van der Waals surface area contributed by atoms with Crippen LogP contribution in [0.3, 0.4) is 0 Å². The molecule has 3 aromatic rings. The van der Waals surface area contributed by atoms with Crippen molar-refractivity contribution in [2.45, 2.75) is 31.2 Å². The van der Waals surface area contributed by atoms with Gasteiger partial charge in [-0.1, -0.05) is 24.3 Å². The number of halogens is 1. The number of nitrogens with one attached hydrogen (secondary N) is 1. The zero-order valence-electron chi connectivity index (χ0n) is 21.5. The van der Waals surface area contributed by atoms with Gasteiger partial charge in [0.25, 0.3) is 11.8 Å². The lowest BCUT2D eigenvalue weighted by molar-refractivity contribution is -0.128. The molecule has 9 nitrogen and oxygen atoms in total. The van der Waals surface area contributed by atoms with Gasteiger partial charge < -0.3 is 19.7 Å². The topological polar surface area (TPSA) is 101 Å². The van der Waals surface area contributed by atoms with Crippen molar-refractivity contribution < 1.29 is 28.2 Å². The van der Waals surface area contributed by atoms with Crippen LogP contribution in [0.4, 0.5) is 4.39 Å². The fraction of sp³-hybridized carbons (Fsp3) is 0.310. The van der Waals surface area contributed by atoms with Crippen LogP contribution in [0.25, 0.3) is 0 Å². The summed E-state index contributed by atoms with van der Waals surface area (Å²) in [4.78, 5) is 47.6. The molecule has 0 aliphatic carbocycles. The molecular formula is C29H29FN4O5. The zero-order chi connectivity index (χ0) is 27.4. The smallest absolute Gasteiger partial charge is 0.257 e. The van der Waals surface area contributed by atoms with E-state index in [-0.39, 0.29) is 56.5 Å². The van der Waals surface area contributed by atoms with Gasteiger partial charge in [0.1, 0.15) is 23.3 Å². The second kappa shape index (κ2) is 11.2. The Morgan fingerprint density at radius 3 is 2.54 bits per heavy atom. The molecule has 1 aromatic heterocycles. The van der Waals surface area contributed by atoms with Gasteiger partial charge in [0.2, 0.25) is 5.91 Å². The first-order valence-electron chi connectivity index (χ1n) is 12.7. The molecule has 202 valence electrons. The Morgan fingerprint density at radius 1 is 1.05 bits per heavy atom. The number of aromatic nitrogens is 1. The van der Waals surface area contributed by atoms with Crippen molar-refractivity contribution in [3.8, 4) is 5.75 Å². The van der Waals surface area contributed by atoms with Crippen LogP contribution in [0.1, 0.15) is 39.3 Å². The van der Waals surface area contributed by atoms with Crippen molar-refractivity contribution in [2.24, 2.45) is 0 Å². The molecule has 3 amide bonds. The number of piperidine rings is 1. The van der Waals surface area contributed by atoms with Gasteiger partial charge in [0.05, 0.1) is 31.5 Å². The van der Waals surface area contributed by atoms with Gasteiger partial charge in [-0.2, -0.15) is 0 Å². The molecule has 5 rings (SSSR count). The van der Waals surface area contributed by atoms with Crippen LogP contribution < -0.4 is 10.1 Å². The van der Waals surface area contributed by atoms with Crippen LogP contribution in [0.15, 0.2) is 72.9 Å². The summed E-state index contributed by atoms with van der Waals surface area (Å²) in [5.41, 5.74) is -0.0623. The summed E-state index contributed by atoms with van der Waals surface area (Å²) in [7, 11) is 1.51. The maximum Gasteiger partial charge on any atom is 0.257 e. The lowest BCUT2D eigenvalue weighted by Gasteiger charge is -2.44. The summed E-state index contributed by atoms with van der Waals surface area (Å²) in [6.45, 7) is 0.676. The average molecular weight is 533 g/mol. The number of hydrogen-bond donors (Lipinski definition) is 1.